The van der Waals surface area contributed by atoms with Crippen LogP contribution >= 0.6 is 0 Å². The normalized spacial score (nSPS) is 14.7. The molecule has 0 unspecified atom stereocenters. The van der Waals surface area contributed by atoms with Gasteiger partial charge in [0.15, 0.2) is 0 Å². The molecule has 0 saturated heterocycles. The second-order valence-electron chi connectivity index (χ2n) is 6.78. The van der Waals surface area contributed by atoms with E-state index >= 15 is 0 Å². The van der Waals surface area contributed by atoms with Crippen LogP contribution in [0.5, 0.6) is 0 Å². The molecule has 1 aliphatic heterocycles. The average Bonchev–Trinajstić information content (AvgIpc) is 2.85. The van der Waals surface area contributed by atoms with Gasteiger partial charge in [-0.3, -0.25) is 4.90 Å². The smallest absolute Gasteiger partial charge is 0.321 e. The topological polar surface area (TPSA) is 78.5 Å². The number of benzene rings is 1. The molecule has 0 radical (unpaired) electrons. The first-order valence-corrected chi connectivity index (χ1v) is 9.34. The van der Waals surface area contributed by atoms with Gasteiger partial charge in [-0.2, -0.15) is 0 Å². The summed E-state index contributed by atoms with van der Waals surface area (Å²) < 4.78 is 27.4. The molecule has 0 atom stereocenters. The van der Waals surface area contributed by atoms with Crippen molar-refractivity contribution >= 4 is 21.7 Å². The minimum Gasteiger partial charge on any atom is -0.338 e. The summed E-state index contributed by atoms with van der Waals surface area (Å²) in [5.74, 6) is 0. The van der Waals surface area contributed by atoms with E-state index < -0.39 is 15.6 Å². The number of anilines is 1. The Kier molecular flexibility index (Phi) is 5.01. The molecule has 2 N–H and O–H groups in total. The van der Waals surface area contributed by atoms with Crippen LogP contribution in [-0.2, 0) is 16.4 Å². The predicted octanol–water partition coefficient (Wildman–Crippen LogP) is 2.25. The molecule has 2 amide bonds. The van der Waals surface area contributed by atoms with Crippen molar-refractivity contribution in [2.75, 3.05) is 18.0 Å². The van der Waals surface area contributed by atoms with E-state index in [2.05, 4.69) is 10.0 Å². The number of amides is 2. The van der Waals surface area contributed by atoms with Gasteiger partial charge >= 0.3 is 6.03 Å². The number of sulfonamides is 1. The minimum absolute atomic E-state index is 0.131. The number of carbonyl (C=O) groups excluding carboxylic acids is 1. The second-order valence-corrected chi connectivity index (χ2v) is 8.46. The van der Waals surface area contributed by atoms with Gasteiger partial charge in [-0.25, -0.2) is 17.9 Å². The molecule has 0 saturated carbocycles. The number of nitrogens with zero attached hydrogens (tertiary/aromatic N) is 1. The number of fused-ring (bicyclic) bond motifs is 1. The SMILES string of the molecule is CCCNC(=O)N1CCc2cc(S(=O)(=O)NC(C)(C)C)ccc21. The molecule has 0 spiro atoms. The highest BCUT2D eigenvalue weighted by Crippen LogP contribution is 2.30. The van der Waals surface area contributed by atoms with Gasteiger partial charge in [0.2, 0.25) is 10.0 Å². The standard InChI is InChI=1S/C16H25N3O3S/c1-5-9-17-15(20)19-10-8-12-11-13(6-7-14(12)19)23(21,22)18-16(2,3)4/h6-7,11,18H,5,8-10H2,1-4H3,(H,17,20). The van der Waals surface area contributed by atoms with E-state index in [4.69, 9.17) is 0 Å². The van der Waals surface area contributed by atoms with Crippen molar-refractivity contribution in [2.24, 2.45) is 0 Å². The summed E-state index contributed by atoms with van der Waals surface area (Å²) in [4.78, 5) is 14.0. The number of hydrogen-bond acceptors (Lipinski definition) is 3. The van der Waals surface area contributed by atoms with Crippen molar-refractivity contribution in [2.45, 2.75) is 51.0 Å². The maximum Gasteiger partial charge on any atom is 0.321 e. The number of nitrogens with one attached hydrogen (secondary N) is 2. The van der Waals surface area contributed by atoms with Gasteiger partial charge in [0.05, 0.1) is 4.90 Å². The van der Waals surface area contributed by atoms with E-state index in [9.17, 15) is 13.2 Å². The van der Waals surface area contributed by atoms with Crippen molar-refractivity contribution in [1.82, 2.24) is 10.0 Å². The number of rotatable bonds is 4. The quantitative estimate of drug-likeness (QED) is 0.883. The van der Waals surface area contributed by atoms with Crippen LogP contribution in [0, 0.1) is 0 Å². The van der Waals surface area contributed by atoms with Gasteiger partial charge in [-0.1, -0.05) is 6.92 Å². The first kappa shape index (κ1) is 17.7. The third-order valence-corrected chi connectivity index (χ3v) is 5.22. The zero-order valence-electron chi connectivity index (χ0n) is 14.1. The van der Waals surface area contributed by atoms with E-state index in [1.807, 2.05) is 6.92 Å². The Labute approximate surface area is 138 Å². The highest BCUT2D eigenvalue weighted by atomic mass is 32.2. The first-order valence-electron chi connectivity index (χ1n) is 7.86. The molecule has 128 valence electrons. The van der Waals surface area contributed by atoms with Crippen molar-refractivity contribution in [3.63, 3.8) is 0 Å². The van der Waals surface area contributed by atoms with Crippen LogP contribution in [0.15, 0.2) is 23.1 Å². The zero-order valence-corrected chi connectivity index (χ0v) is 15.0. The summed E-state index contributed by atoms with van der Waals surface area (Å²) in [6, 6.07) is 4.80. The Morgan fingerprint density at radius 2 is 2.00 bits per heavy atom. The molecule has 1 aliphatic rings. The molecule has 6 nitrogen and oxygen atoms in total. The molecule has 1 heterocycles. The lowest BCUT2D eigenvalue weighted by atomic mass is 10.1. The number of hydrogen-bond donors (Lipinski definition) is 2. The molecule has 23 heavy (non-hydrogen) atoms. The fourth-order valence-electron chi connectivity index (χ4n) is 2.55. The third-order valence-electron chi connectivity index (χ3n) is 3.47. The van der Waals surface area contributed by atoms with E-state index in [0.717, 1.165) is 17.7 Å². The average molecular weight is 339 g/mol. The van der Waals surface area contributed by atoms with Crippen LogP contribution in [0.3, 0.4) is 0 Å². The molecular formula is C16H25N3O3S. The molecule has 0 fully saturated rings. The molecule has 1 aromatic carbocycles. The van der Waals surface area contributed by atoms with E-state index in [1.54, 1.807) is 43.9 Å². The van der Waals surface area contributed by atoms with Crippen LogP contribution in [0.1, 0.15) is 39.7 Å². The molecule has 0 bridgehead atoms. The molecule has 1 aromatic rings. The molecule has 2 rings (SSSR count). The summed E-state index contributed by atoms with van der Waals surface area (Å²) in [7, 11) is -3.56. The lowest BCUT2D eigenvalue weighted by molar-refractivity contribution is 0.247. The predicted molar refractivity (Wildman–Crippen MR) is 91.3 cm³/mol. The summed E-state index contributed by atoms with van der Waals surface area (Å²) in [5, 5.41) is 2.85. The third kappa shape index (κ3) is 4.23. The highest BCUT2D eigenvalue weighted by molar-refractivity contribution is 7.89. The van der Waals surface area contributed by atoms with Gasteiger partial charge in [0, 0.05) is 24.3 Å². The highest BCUT2D eigenvalue weighted by Gasteiger charge is 2.28. The van der Waals surface area contributed by atoms with E-state index in [1.165, 1.54) is 0 Å². The maximum absolute atomic E-state index is 12.4. The molecular weight excluding hydrogens is 314 g/mol. The monoisotopic (exact) mass is 339 g/mol. The summed E-state index contributed by atoms with van der Waals surface area (Å²) in [6.45, 7) is 8.61. The Morgan fingerprint density at radius 1 is 1.30 bits per heavy atom. The van der Waals surface area contributed by atoms with Crippen LogP contribution in [0.25, 0.3) is 0 Å². The van der Waals surface area contributed by atoms with Gasteiger partial charge in [-0.05, 0) is 57.4 Å². The number of urea groups is 1. The van der Waals surface area contributed by atoms with Crippen molar-refractivity contribution in [3.05, 3.63) is 23.8 Å². The van der Waals surface area contributed by atoms with Crippen LogP contribution < -0.4 is 14.9 Å². The Bertz CT molecular complexity index is 693. The summed E-state index contributed by atoms with van der Waals surface area (Å²) in [5.41, 5.74) is 1.13. The van der Waals surface area contributed by atoms with Gasteiger partial charge in [0.25, 0.3) is 0 Å². The molecule has 7 heteroatoms. The Hall–Kier alpha value is -1.60. The Balaban J connectivity index is 2.24. The zero-order chi connectivity index (χ0) is 17.3. The first-order chi connectivity index (χ1) is 10.6. The van der Waals surface area contributed by atoms with Gasteiger partial charge in [0.1, 0.15) is 0 Å². The fraction of sp³-hybridized carbons (Fsp3) is 0.562. The van der Waals surface area contributed by atoms with Crippen molar-refractivity contribution < 1.29 is 13.2 Å². The summed E-state index contributed by atoms with van der Waals surface area (Å²) >= 11 is 0. The summed E-state index contributed by atoms with van der Waals surface area (Å²) in [6.07, 6.45) is 1.54. The van der Waals surface area contributed by atoms with Gasteiger partial charge in [-0.15, -0.1) is 0 Å². The number of carbonyl (C=O) groups is 1. The molecule has 0 aromatic heterocycles. The van der Waals surface area contributed by atoms with Gasteiger partial charge < -0.3 is 5.32 Å². The van der Waals surface area contributed by atoms with Crippen LogP contribution in [0.4, 0.5) is 10.5 Å². The second kappa shape index (κ2) is 6.49. The Morgan fingerprint density at radius 3 is 2.61 bits per heavy atom. The van der Waals surface area contributed by atoms with Crippen LogP contribution in [0.2, 0.25) is 0 Å². The van der Waals surface area contributed by atoms with E-state index in [0.29, 0.717) is 19.5 Å². The van der Waals surface area contributed by atoms with Crippen molar-refractivity contribution in [3.8, 4) is 0 Å². The van der Waals surface area contributed by atoms with Crippen LogP contribution in [-0.4, -0.2) is 33.1 Å². The fourth-order valence-corrected chi connectivity index (χ4v) is 4.01. The largest absolute Gasteiger partial charge is 0.338 e. The lowest BCUT2D eigenvalue weighted by Crippen LogP contribution is -2.40. The minimum atomic E-state index is -3.56. The van der Waals surface area contributed by atoms with E-state index in [-0.39, 0.29) is 10.9 Å². The van der Waals surface area contributed by atoms with Crippen molar-refractivity contribution in [1.29, 1.82) is 0 Å². The molecule has 0 aliphatic carbocycles. The maximum atomic E-state index is 12.4. The lowest BCUT2D eigenvalue weighted by Gasteiger charge is -2.21.